The van der Waals surface area contributed by atoms with Crippen molar-refractivity contribution in [2.75, 3.05) is 17.0 Å². The van der Waals surface area contributed by atoms with Crippen LogP contribution < -0.4 is 15.2 Å². The Morgan fingerprint density at radius 2 is 2.00 bits per heavy atom. The lowest BCUT2D eigenvalue weighted by Crippen LogP contribution is -2.23. The maximum absolute atomic E-state index is 11.6. The summed E-state index contributed by atoms with van der Waals surface area (Å²) >= 11 is 0. The minimum absolute atomic E-state index is 0.0184. The van der Waals surface area contributed by atoms with Crippen LogP contribution in [0.5, 0.6) is 5.75 Å². The van der Waals surface area contributed by atoms with Gasteiger partial charge in [-0.3, -0.25) is 4.72 Å². The van der Waals surface area contributed by atoms with Gasteiger partial charge in [0.25, 0.3) is 0 Å². The van der Waals surface area contributed by atoms with Crippen molar-refractivity contribution < 1.29 is 13.2 Å². The highest BCUT2D eigenvalue weighted by molar-refractivity contribution is 7.92. The summed E-state index contributed by atoms with van der Waals surface area (Å²) in [5.41, 5.74) is 5.68. The number of para-hydroxylation sites is 2. The molecule has 5 nitrogen and oxygen atoms in total. The number of sulfonamides is 1. The van der Waals surface area contributed by atoms with E-state index in [1.54, 1.807) is 24.3 Å². The third-order valence-electron chi connectivity index (χ3n) is 1.90. The maximum atomic E-state index is 11.6. The molecule has 3 N–H and O–H groups in total. The van der Waals surface area contributed by atoms with Gasteiger partial charge in [-0.25, -0.2) is 8.42 Å². The molecule has 0 atom stereocenters. The van der Waals surface area contributed by atoms with Gasteiger partial charge in [-0.1, -0.05) is 12.1 Å². The fourth-order valence-electron chi connectivity index (χ4n) is 1.28. The van der Waals surface area contributed by atoms with E-state index in [1.165, 1.54) is 0 Å². The summed E-state index contributed by atoms with van der Waals surface area (Å²) in [4.78, 5) is 0. The van der Waals surface area contributed by atoms with Crippen LogP contribution in [-0.2, 0) is 10.0 Å². The Kier molecular flexibility index (Phi) is 4.77. The van der Waals surface area contributed by atoms with Crippen molar-refractivity contribution in [3.05, 3.63) is 24.3 Å². The van der Waals surface area contributed by atoms with E-state index in [-0.39, 0.29) is 18.4 Å². The van der Waals surface area contributed by atoms with Gasteiger partial charge in [0.05, 0.1) is 17.5 Å². The van der Waals surface area contributed by atoms with E-state index < -0.39 is 10.0 Å². The summed E-state index contributed by atoms with van der Waals surface area (Å²) in [7, 11) is -3.40. The molecule has 0 radical (unpaired) electrons. The molecule has 1 aromatic carbocycles. The summed E-state index contributed by atoms with van der Waals surface area (Å²) in [6, 6.07) is 6.91. The minimum Gasteiger partial charge on any atom is -0.489 e. The van der Waals surface area contributed by atoms with Crippen LogP contribution in [0.2, 0.25) is 0 Å². The smallest absolute Gasteiger partial charge is 0.234 e. The SMILES string of the molecule is CC(C)Oc1ccccc1NS(=O)(=O)CCN. The average Bonchev–Trinajstić information content (AvgIpc) is 2.19. The van der Waals surface area contributed by atoms with Crippen molar-refractivity contribution in [2.45, 2.75) is 20.0 Å². The van der Waals surface area contributed by atoms with Crippen LogP contribution in [0.3, 0.4) is 0 Å². The van der Waals surface area contributed by atoms with Crippen LogP contribution in [0, 0.1) is 0 Å². The Bertz CT molecular complexity index is 458. The summed E-state index contributed by atoms with van der Waals surface area (Å²) in [5, 5.41) is 0. The molecule has 0 fully saturated rings. The van der Waals surface area contributed by atoms with E-state index in [2.05, 4.69) is 4.72 Å². The van der Waals surface area contributed by atoms with E-state index in [4.69, 9.17) is 10.5 Å². The normalized spacial score (nSPS) is 11.5. The molecule has 0 aromatic heterocycles. The van der Waals surface area contributed by atoms with Crippen molar-refractivity contribution in [2.24, 2.45) is 5.73 Å². The van der Waals surface area contributed by atoms with Crippen molar-refractivity contribution >= 4 is 15.7 Å². The zero-order chi connectivity index (χ0) is 12.9. The lowest BCUT2D eigenvalue weighted by Gasteiger charge is -2.15. The quantitative estimate of drug-likeness (QED) is 0.802. The number of ether oxygens (including phenoxy) is 1. The number of nitrogens with two attached hydrogens (primary N) is 1. The van der Waals surface area contributed by atoms with Gasteiger partial charge in [-0.2, -0.15) is 0 Å². The third kappa shape index (κ3) is 4.62. The Morgan fingerprint density at radius 3 is 2.59 bits per heavy atom. The molecule has 0 unspecified atom stereocenters. The zero-order valence-corrected chi connectivity index (χ0v) is 10.8. The number of hydrogen-bond donors (Lipinski definition) is 2. The van der Waals surface area contributed by atoms with Gasteiger partial charge >= 0.3 is 0 Å². The molecule has 0 aliphatic rings. The highest BCUT2D eigenvalue weighted by atomic mass is 32.2. The van der Waals surface area contributed by atoms with E-state index in [1.807, 2.05) is 13.8 Å². The van der Waals surface area contributed by atoms with E-state index in [0.29, 0.717) is 11.4 Å². The van der Waals surface area contributed by atoms with Gasteiger partial charge in [0.1, 0.15) is 5.75 Å². The average molecular weight is 258 g/mol. The van der Waals surface area contributed by atoms with Gasteiger partial charge in [-0.05, 0) is 26.0 Å². The second kappa shape index (κ2) is 5.88. The molecule has 6 heteroatoms. The molecular formula is C11H18N2O3S. The van der Waals surface area contributed by atoms with Crippen molar-refractivity contribution in [1.29, 1.82) is 0 Å². The first kappa shape index (κ1) is 13.8. The molecule has 0 bridgehead atoms. The number of benzene rings is 1. The molecule has 17 heavy (non-hydrogen) atoms. The molecular weight excluding hydrogens is 240 g/mol. The van der Waals surface area contributed by atoms with Crippen molar-refractivity contribution in [1.82, 2.24) is 0 Å². The second-order valence-electron chi connectivity index (χ2n) is 3.87. The Morgan fingerprint density at radius 1 is 1.35 bits per heavy atom. The Labute approximate surface area is 102 Å². The van der Waals surface area contributed by atoms with Crippen molar-refractivity contribution in [3.8, 4) is 5.75 Å². The first-order chi connectivity index (χ1) is 7.94. The second-order valence-corrected chi connectivity index (χ2v) is 5.71. The Hall–Kier alpha value is -1.27. The highest BCUT2D eigenvalue weighted by Crippen LogP contribution is 2.25. The van der Waals surface area contributed by atoms with Gasteiger partial charge in [-0.15, -0.1) is 0 Å². The third-order valence-corrected chi connectivity index (χ3v) is 3.21. The molecule has 1 rings (SSSR count). The first-order valence-corrected chi connectivity index (χ1v) is 7.06. The summed E-state index contributed by atoms with van der Waals surface area (Å²) in [6.07, 6.45) is -0.0184. The predicted molar refractivity (Wildman–Crippen MR) is 68.7 cm³/mol. The van der Waals surface area contributed by atoms with Gasteiger partial charge in [0, 0.05) is 6.54 Å². The molecule has 1 aromatic rings. The molecule has 0 heterocycles. The van der Waals surface area contributed by atoms with E-state index in [9.17, 15) is 8.42 Å². The topological polar surface area (TPSA) is 81.4 Å². The van der Waals surface area contributed by atoms with Gasteiger partial charge < -0.3 is 10.5 Å². The fraction of sp³-hybridized carbons (Fsp3) is 0.455. The zero-order valence-electron chi connectivity index (χ0n) is 10.0. The Balaban J connectivity index is 2.90. The largest absolute Gasteiger partial charge is 0.489 e. The number of anilines is 1. The van der Waals surface area contributed by atoms with Crippen LogP contribution in [0.15, 0.2) is 24.3 Å². The molecule has 0 saturated heterocycles. The standard InChI is InChI=1S/C11H18N2O3S/c1-9(2)16-11-6-4-3-5-10(11)13-17(14,15)8-7-12/h3-6,9,13H,7-8,12H2,1-2H3. The van der Waals surface area contributed by atoms with Gasteiger partial charge in [0.2, 0.25) is 10.0 Å². The number of nitrogens with one attached hydrogen (secondary N) is 1. The lowest BCUT2D eigenvalue weighted by molar-refractivity contribution is 0.244. The van der Waals surface area contributed by atoms with Crippen LogP contribution in [0.25, 0.3) is 0 Å². The molecule has 0 saturated carbocycles. The first-order valence-electron chi connectivity index (χ1n) is 5.41. The van der Waals surface area contributed by atoms with Crippen LogP contribution in [0.1, 0.15) is 13.8 Å². The fourth-order valence-corrected chi connectivity index (χ4v) is 2.20. The molecule has 0 spiro atoms. The van der Waals surface area contributed by atoms with Crippen LogP contribution in [-0.4, -0.2) is 26.8 Å². The lowest BCUT2D eigenvalue weighted by atomic mass is 10.3. The minimum atomic E-state index is -3.40. The van der Waals surface area contributed by atoms with E-state index >= 15 is 0 Å². The van der Waals surface area contributed by atoms with Crippen molar-refractivity contribution in [3.63, 3.8) is 0 Å². The predicted octanol–water partition coefficient (Wildman–Crippen LogP) is 1.17. The molecule has 0 aliphatic carbocycles. The molecule has 0 amide bonds. The van der Waals surface area contributed by atoms with Crippen LogP contribution >= 0.6 is 0 Å². The van der Waals surface area contributed by atoms with Gasteiger partial charge in [0.15, 0.2) is 0 Å². The highest BCUT2D eigenvalue weighted by Gasteiger charge is 2.12. The maximum Gasteiger partial charge on any atom is 0.234 e. The summed E-state index contributed by atoms with van der Waals surface area (Å²) in [5.74, 6) is 0.409. The number of rotatable bonds is 6. The monoisotopic (exact) mass is 258 g/mol. The number of hydrogen-bond acceptors (Lipinski definition) is 4. The van der Waals surface area contributed by atoms with E-state index in [0.717, 1.165) is 0 Å². The molecule has 96 valence electrons. The summed E-state index contributed by atoms with van der Waals surface area (Å²) < 4.78 is 31.2. The summed E-state index contributed by atoms with van der Waals surface area (Å²) in [6.45, 7) is 3.85. The molecule has 0 aliphatic heterocycles. The van der Waals surface area contributed by atoms with Crippen LogP contribution in [0.4, 0.5) is 5.69 Å².